The molecule has 0 spiro atoms. The van der Waals surface area contributed by atoms with Crippen LogP contribution in [-0.2, 0) is 9.59 Å². The molecule has 0 heterocycles. The Labute approximate surface area is 59.4 Å². The van der Waals surface area contributed by atoms with Crippen LogP contribution in [0, 0.1) is 0 Å². The quantitative estimate of drug-likeness (QED) is 0.558. The van der Waals surface area contributed by atoms with Crippen LogP contribution < -0.4 is 0 Å². The van der Waals surface area contributed by atoms with Crippen molar-refractivity contribution < 1.29 is 14.7 Å². The third kappa shape index (κ3) is 2.05. The van der Waals surface area contributed by atoms with Gasteiger partial charge in [-0.05, 0) is 13.8 Å². The van der Waals surface area contributed by atoms with Gasteiger partial charge in [0.2, 0.25) is 0 Å². The number of likely N-dealkylation sites (N-methyl/N-ethyl adjacent to an activating group) is 1. The first kappa shape index (κ1) is 8.94. The monoisotopic (exact) mass is 144 g/mol. The van der Waals surface area contributed by atoms with Gasteiger partial charge in [-0.1, -0.05) is 0 Å². The highest BCUT2D eigenvalue weighted by Gasteiger charge is 2.17. The molecule has 0 rings (SSSR count). The van der Waals surface area contributed by atoms with Gasteiger partial charge in [0.25, 0.3) is 0 Å². The van der Waals surface area contributed by atoms with E-state index in [2.05, 4.69) is 0 Å². The smallest absolute Gasteiger partial charge is 0.326 e. The predicted molar refractivity (Wildman–Crippen MR) is 35.2 cm³/mol. The van der Waals surface area contributed by atoms with Crippen LogP contribution in [0.15, 0.2) is 0 Å². The topological polar surface area (TPSA) is 57.6 Å². The number of nitrogens with zero attached hydrogens (tertiary/aromatic N) is 1. The van der Waals surface area contributed by atoms with Crippen molar-refractivity contribution in [1.29, 1.82) is 0 Å². The highest BCUT2D eigenvalue weighted by molar-refractivity contribution is 5.75. The van der Waals surface area contributed by atoms with Crippen molar-refractivity contribution >= 4 is 12.4 Å². The van der Waals surface area contributed by atoms with Gasteiger partial charge in [0, 0.05) is 6.54 Å². The molecule has 0 aliphatic carbocycles. The maximum Gasteiger partial charge on any atom is 0.326 e. The number of hydrogen-bond acceptors (Lipinski definition) is 2. The van der Waals surface area contributed by atoms with Crippen molar-refractivity contribution in [1.82, 2.24) is 4.90 Å². The largest absolute Gasteiger partial charge is 0.480 e. The van der Waals surface area contributed by atoms with Gasteiger partial charge in [-0.3, -0.25) is 4.79 Å². The van der Waals surface area contributed by atoms with Gasteiger partial charge < -0.3 is 10.0 Å². The molecule has 1 amide bonds. The minimum Gasteiger partial charge on any atom is -0.480 e. The maximum atomic E-state index is 10.2. The van der Waals surface area contributed by atoms with Crippen LogP contribution in [0.1, 0.15) is 13.8 Å². The molecule has 0 aliphatic heterocycles. The van der Waals surface area contributed by atoms with Crippen molar-refractivity contribution in [3.05, 3.63) is 0 Å². The Bertz CT molecular complexity index is 135. The first-order valence-corrected chi connectivity index (χ1v) is 3.00. The minimum atomic E-state index is -1.01. The summed E-state index contributed by atoms with van der Waals surface area (Å²) in [5, 5.41) is 8.39. The fourth-order valence-corrected chi connectivity index (χ4v) is 0.551. The van der Waals surface area contributed by atoms with Crippen LogP contribution in [0.2, 0.25) is 0 Å². The average Bonchev–Trinajstić information content (AvgIpc) is 1.90. The fourth-order valence-electron chi connectivity index (χ4n) is 0.551. The Morgan fingerprint density at radius 3 is 2.40 bits per heavy atom. The van der Waals surface area contributed by atoms with E-state index in [1.807, 2.05) is 0 Å². The first-order valence-electron chi connectivity index (χ1n) is 3.00. The SMILES string of the molecule is CCN([C]=O)C(C)C(=O)O. The first-order chi connectivity index (χ1) is 4.63. The Kier molecular flexibility index (Phi) is 3.46. The second kappa shape index (κ2) is 3.87. The van der Waals surface area contributed by atoms with Gasteiger partial charge in [-0.25, -0.2) is 4.79 Å². The zero-order valence-corrected chi connectivity index (χ0v) is 6.00. The highest BCUT2D eigenvalue weighted by atomic mass is 16.4. The lowest BCUT2D eigenvalue weighted by atomic mass is 10.3. The molecule has 0 aromatic heterocycles. The molecule has 1 radical (unpaired) electrons. The van der Waals surface area contributed by atoms with E-state index in [9.17, 15) is 9.59 Å². The summed E-state index contributed by atoms with van der Waals surface area (Å²) in [6.45, 7) is 3.51. The summed E-state index contributed by atoms with van der Waals surface area (Å²) < 4.78 is 0. The van der Waals surface area contributed by atoms with Crippen molar-refractivity contribution in [3.8, 4) is 0 Å². The molecule has 4 nitrogen and oxygen atoms in total. The number of aliphatic carboxylic acids is 1. The Morgan fingerprint density at radius 2 is 2.30 bits per heavy atom. The summed E-state index contributed by atoms with van der Waals surface area (Å²) in [5.41, 5.74) is 0. The number of carboxylic acid groups (broad SMARTS) is 1. The molecule has 1 atom stereocenters. The van der Waals surface area contributed by atoms with E-state index in [0.29, 0.717) is 6.54 Å². The standard InChI is InChI=1S/C6H10NO3/c1-3-7(4-8)5(2)6(9)10/h5H,3H2,1-2H3,(H,9,10). The summed E-state index contributed by atoms with van der Waals surface area (Å²) >= 11 is 0. The average molecular weight is 144 g/mol. The summed E-state index contributed by atoms with van der Waals surface area (Å²) in [6, 6.07) is -0.775. The zero-order valence-electron chi connectivity index (χ0n) is 6.00. The molecular formula is C6H10NO3. The van der Waals surface area contributed by atoms with E-state index in [-0.39, 0.29) is 0 Å². The molecule has 0 fully saturated rings. The molecule has 0 bridgehead atoms. The lowest BCUT2D eigenvalue weighted by Crippen LogP contribution is -2.37. The van der Waals surface area contributed by atoms with E-state index < -0.39 is 12.0 Å². The van der Waals surface area contributed by atoms with Crippen LogP contribution in [-0.4, -0.2) is 35.0 Å². The third-order valence-electron chi connectivity index (χ3n) is 1.28. The number of carbonyl (C=O) groups is 1. The molecule has 1 unspecified atom stereocenters. The van der Waals surface area contributed by atoms with Crippen LogP contribution in [0.5, 0.6) is 0 Å². The van der Waals surface area contributed by atoms with Crippen molar-refractivity contribution in [2.75, 3.05) is 6.54 Å². The Hall–Kier alpha value is -1.06. The molecule has 0 saturated carbocycles. The molecule has 10 heavy (non-hydrogen) atoms. The molecule has 4 heteroatoms. The van der Waals surface area contributed by atoms with Crippen LogP contribution in [0.25, 0.3) is 0 Å². The number of amides is 1. The van der Waals surface area contributed by atoms with E-state index in [0.717, 1.165) is 4.90 Å². The van der Waals surface area contributed by atoms with Gasteiger partial charge in [0.1, 0.15) is 6.04 Å². The Balaban J connectivity index is 4.00. The maximum absolute atomic E-state index is 10.2. The number of hydrogen-bond donors (Lipinski definition) is 1. The molecular weight excluding hydrogens is 134 g/mol. The summed E-state index contributed by atoms with van der Waals surface area (Å²) in [7, 11) is 0. The molecule has 1 N–H and O–H groups in total. The van der Waals surface area contributed by atoms with Gasteiger partial charge in [0.05, 0.1) is 0 Å². The van der Waals surface area contributed by atoms with Crippen LogP contribution in [0.4, 0.5) is 0 Å². The van der Waals surface area contributed by atoms with E-state index in [1.54, 1.807) is 6.92 Å². The van der Waals surface area contributed by atoms with Crippen LogP contribution in [0.3, 0.4) is 0 Å². The number of rotatable bonds is 4. The summed E-state index contributed by atoms with van der Waals surface area (Å²) in [5.74, 6) is -1.01. The molecule has 57 valence electrons. The summed E-state index contributed by atoms with van der Waals surface area (Å²) in [6.07, 6.45) is 1.54. The number of carbonyl (C=O) groups excluding carboxylic acids is 1. The molecule has 0 saturated heterocycles. The fraction of sp³-hybridized carbons (Fsp3) is 0.667. The Morgan fingerprint density at radius 1 is 1.80 bits per heavy atom. The summed E-state index contributed by atoms with van der Waals surface area (Å²) in [4.78, 5) is 21.3. The van der Waals surface area contributed by atoms with Gasteiger partial charge in [-0.15, -0.1) is 0 Å². The van der Waals surface area contributed by atoms with E-state index in [4.69, 9.17) is 5.11 Å². The second-order valence-electron chi connectivity index (χ2n) is 1.89. The molecule has 0 aliphatic rings. The molecule has 0 aromatic carbocycles. The van der Waals surface area contributed by atoms with Gasteiger partial charge in [-0.2, -0.15) is 0 Å². The minimum absolute atomic E-state index is 0.372. The normalized spacial score (nSPS) is 12.2. The zero-order chi connectivity index (χ0) is 8.15. The van der Waals surface area contributed by atoms with Crippen molar-refractivity contribution in [2.24, 2.45) is 0 Å². The van der Waals surface area contributed by atoms with Gasteiger partial charge >= 0.3 is 12.4 Å². The van der Waals surface area contributed by atoms with Crippen LogP contribution >= 0.6 is 0 Å². The third-order valence-corrected chi connectivity index (χ3v) is 1.28. The van der Waals surface area contributed by atoms with Crippen molar-refractivity contribution in [3.63, 3.8) is 0 Å². The van der Waals surface area contributed by atoms with Crippen molar-refractivity contribution in [2.45, 2.75) is 19.9 Å². The lowest BCUT2D eigenvalue weighted by Gasteiger charge is -2.17. The highest BCUT2D eigenvalue weighted by Crippen LogP contribution is 1.93. The van der Waals surface area contributed by atoms with E-state index in [1.165, 1.54) is 13.3 Å². The lowest BCUT2D eigenvalue weighted by molar-refractivity contribution is -0.141. The second-order valence-corrected chi connectivity index (χ2v) is 1.89. The van der Waals surface area contributed by atoms with Gasteiger partial charge in [0.15, 0.2) is 0 Å². The number of carboxylic acids is 1. The van der Waals surface area contributed by atoms with E-state index >= 15 is 0 Å². The predicted octanol–water partition coefficient (Wildman–Crippen LogP) is -0.151. The molecule has 0 aromatic rings.